The molecular weight excluding hydrogens is 711 g/mol. The van der Waals surface area contributed by atoms with Crippen LogP contribution < -0.4 is 16.4 Å². The number of rotatable bonds is 26. The lowest BCUT2D eigenvalue weighted by atomic mass is 9.89. The molecule has 0 unspecified atom stereocenters. The van der Waals surface area contributed by atoms with Gasteiger partial charge in [0.2, 0.25) is 29.5 Å². The Bertz CT molecular complexity index is 1400. The largest absolute Gasteiger partial charge is 0.469 e. The zero-order chi connectivity index (χ0) is 39.6. The first kappa shape index (κ1) is 46.1. The predicted octanol–water partition coefficient (Wildman–Crippen LogP) is -1.48. The molecule has 0 aromatic carbocycles. The topological polar surface area (TPSA) is 307 Å². The molecule has 5 atom stereocenters. The second-order valence-corrected chi connectivity index (χ2v) is 13.7. The Morgan fingerprint density at radius 1 is 1.00 bits per heavy atom. The number of H-pyrrole nitrogens is 1. The fourth-order valence-corrected chi connectivity index (χ4v) is 5.59. The van der Waals surface area contributed by atoms with E-state index in [1.165, 1.54) is 19.6 Å². The number of hydrogen-bond donors (Lipinski definition) is 7. The second kappa shape index (κ2) is 22.9. The van der Waals surface area contributed by atoms with E-state index in [0.717, 1.165) is 18.7 Å². The van der Waals surface area contributed by atoms with Gasteiger partial charge in [0.1, 0.15) is 12.6 Å². The third kappa shape index (κ3) is 17.5. The van der Waals surface area contributed by atoms with Gasteiger partial charge in [-0.3, -0.25) is 43.0 Å². The highest BCUT2D eigenvalue weighted by atomic mass is 31.2. The summed E-state index contributed by atoms with van der Waals surface area (Å²) in [5.41, 5.74) is 5.75. The number of phosphoric ester groups is 1. The van der Waals surface area contributed by atoms with Gasteiger partial charge in [0.15, 0.2) is 11.6 Å². The van der Waals surface area contributed by atoms with Crippen LogP contribution in [0.3, 0.4) is 0 Å². The first-order chi connectivity index (χ1) is 24.3. The maximum atomic E-state index is 13.7. The maximum absolute atomic E-state index is 13.7. The van der Waals surface area contributed by atoms with Crippen LogP contribution in [0.2, 0.25) is 0 Å². The summed E-state index contributed by atoms with van der Waals surface area (Å²) >= 11 is 0. The van der Waals surface area contributed by atoms with Crippen molar-refractivity contribution in [2.24, 2.45) is 23.5 Å². The molecule has 0 saturated carbocycles. The molecule has 0 fully saturated rings. The average molecular weight is 763 g/mol. The molecule has 5 amide bonds. The van der Waals surface area contributed by atoms with Crippen molar-refractivity contribution in [1.29, 1.82) is 0 Å². The number of carbonyl (C=O) groups excluding carboxylic acids is 7. The van der Waals surface area contributed by atoms with E-state index in [4.69, 9.17) is 25.0 Å². The van der Waals surface area contributed by atoms with Crippen LogP contribution in [0.15, 0.2) is 12.5 Å². The number of nitrogens with one attached hydrogen (secondary N) is 3. The fraction of sp³-hybridized carbons (Fsp3) is 0.677. The Labute approximate surface area is 301 Å². The quantitative estimate of drug-likeness (QED) is 0.0418. The summed E-state index contributed by atoms with van der Waals surface area (Å²) < 4.78 is 25.9. The Hall–Kier alpha value is -3.91. The van der Waals surface area contributed by atoms with Gasteiger partial charge >= 0.3 is 7.82 Å². The molecule has 1 aromatic rings. The van der Waals surface area contributed by atoms with Crippen LogP contribution in [0.1, 0.15) is 59.1 Å². The number of hydrogen-bond acceptors (Lipinski definition) is 13. The molecule has 1 heterocycles. The third-order valence-electron chi connectivity index (χ3n) is 7.69. The summed E-state index contributed by atoms with van der Waals surface area (Å²) in [6.45, 7) is 4.72. The van der Waals surface area contributed by atoms with Gasteiger partial charge < -0.3 is 45.7 Å². The molecule has 1 rings (SSSR count). The molecule has 1 aromatic heterocycles. The van der Waals surface area contributed by atoms with Gasteiger partial charge in [-0.05, 0) is 19.3 Å². The molecule has 0 saturated heterocycles. The number of Topliss-reactive ketones (excluding diaryl/α,β-unsaturated/α-hetero) is 2. The van der Waals surface area contributed by atoms with E-state index in [-0.39, 0.29) is 38.4 Å². The number of methoxy groups -OCH3 is 1. The Balaban J connectivity index is 3.15. The molecule has 0 aliphatic rings. The van der Waals surface area contributed by atoms with Crippen LogP contribution >= 0.6 is 7.82 Å². The molecule has 0 aliphatic heterocycles. The second-order valence-electron chi connectivity index (χ2n) is 12.5. The summed E-state index contributed by atoms with van der Waals surface area (Å²) in [6.07, 6.45) is -0.133. The SMILES string of the molecule is COCCOCCC(=O)N(CC(=O)N[C@@H](CC(C)C)C(=O)C[C@@H](Cc1cnc[nH]1)C(=O)N[C@@H](CO)C(=O)C[C@H](C(N)=O)[C@@H](C)OP(=O)(O)O)C(C)=O. The van der Waals surface area contributed by atoms with E-state index in [2.05, 4.69) is 25.1 Å². The molecule has 294 valence electrons. The fourth-order valence-electron chi connectivity index (χ4n) is 5.01. The van der Waals surface area contributed by atoms with Gasteiger partial charge in [-0.25, -0.2) is 9.55 Å². The minimum atomic E-state index is -5.06. The van der Waals surface area contributed by atoms with Crippen LogP contribution in [0, 0.1) is 17.8 Å². The number of nitrogens with two attached hydrogens (primary N) is 1. The van der Waals surface area contributed by atoms with Crippen molar-refractivity contribution in [3.63, 3.8) is 0 Å². The number of nitrogens with zero attached hydrogens (tertiary/aromatic N) is 2. The maximum Gasteiger partial charge on any atom is 0.469 e. The van der Waals surface area contributed by atoms with E-state index in [9.17, 15) is 43.2 Å². The minimum Gasteiger partial charge on any atom is -0.394 e. The van der Waals surface area contributed by atoms with Crippen molar-refractivity contribution in [1.82, 2.24) is 25.5 Å². The lowest BCUT2D eigenvalue weighted by molar-refractivity contribution is -0.147. The van der Waals surface area contributed by atoms with Crippen LogP contribution in [0.5, 0.6) is 0 Å². The Kier molecular flexibility index (Phi) is 20.3. The number of aliphatic hydroxyl groups is 1. The highest BCUT2D eigenvalue weighted by Gasteiger charge is 2.35. The molecule has 8 N–H and O–H groups in total. The van der Waals surface area contributed by atoms with Crippen LogP contribution in [-0.2, 0) is 58.5 Å². The molecule has 0 bridgehead atoms. The smallest absolute Gasteiger partial charge is 0.394 e. The van der Waals surface area contributed by atoms with Crippen LogP contribution in [0.4, 0.5) is 0 Å². The molecule has 0 aliphatic carbocycles. The van der Waals surface area contributed by atoms with Crippen molar-refractivity contribution in [3.8, 4) is 0 Å². The van der Waals surface area contributed by atoms with E-state index >= 15 is 0 Å². The number of amides is 5. The zero-order valence-corrected chi connectivity index (χ0v) is 30.8. The van der Waals surface area contributed by atoms with Crippen molar-refractivity contribution < 1.29 is 67.0 Å². The summed E-state index contributed by atoms with van der Waals surface area (Å²) in [6, 6.07) is -2.75. The lowest BCUT2D eigenvalue weighted by Crippen LogP contribution is -2.50. The summed E-state index contributed by atoms with van der Waals surface area (Å²) in [4.78, 5) is 116. The number of ketones is 2. The van der Waals surface area contributed by atoms with Gasteiger partial charge in [-0.15, -0.1) is 0 Å². The van der Waals surface area contributed by atoms with Crippen molar-refractivity contribution >= 4 is 48.9 Å². The zero-order valence-electron chi connectivity index (χ0n) is 29.9. The normalized spacial score (nSPS) is 14.5. The number of aromatic nitrogens is 2. The lowest BCUT2D eigenvalue weighted by Gasteiger charge is -2.26. The average Bonchev–Trinajstić information content (AvgIpc) is 3.55. The summed E-state index contributed by atoms with van der Waals surface area (Å²) in [7, 11) is -3.58. The van der Waals surface area contributed by atoms with Gasteiger partial charge in [0.25, 0.3) is 0 Å². The number of phosphoric acid groups is 1. The van der Waals surface area contributed by atoms with E-state index in [0.29, 0.717) is 12.3 Å². The molecule has 21 heteroatoms. The standard InChI is InChI=1S/C31H51N6O14P/c1-18(2)10-24(35-28(42)15-37(20(4)39)29(43)6-7-50-9-8-49-5)26(40)12-21(11-22-14-33-17-34-22)31(45)36-25(16-38)27(41)13-23(30(32)44)19(3)51-52(46,47)48/h14,17-19,21,23-25,38H,6-13,15-16H2,1-5H3,(H2,32,44)(H,33,34)(H,35,42)(H,36,45)(H2,46,47,48)/t19-,21-,23+,24+,25+/m1/s1. The molecule has 20 nitrogen and oxygen atoms in total. The Morgan fingerprint density at radius 3 is 2.17 bits per heavy atom. The molecule has 0 spiro atoms. The third-order valence-corrected chi connectivity index (χ3v) is 8.30. The number of primary amides is 1. The van der Waals surface area contributed by atoms with Gasteiger partial charge in [0.05, 0.1) is 63.2 Å². The number of carbonyl (C=O) groups is 7. The predicted molar refractivity (Wildman–Crippen MR) is 180 cm³/mol. The molecule has 0 radical (unpaired) electrons. The molecular formula is C31H51N6O14P. The summed E-state index contributed by atoms with van der Waals surface area (Å²) in [5, 5.41) is 14.9. The van der Waals surface area contributed by atoms with Crippen LogP contribution in [-0.4, -0.2) is 129 Å². The van der Waals surface area contributed by atoms with E-state index in [1.807, 2.05) is 0 Å². The Morgan fingerprint density at radius 2 is 1.65 bits per heavy atom. The first-order valence-electron chi connectivity index (χ1n) is 16.4. The molecule has 52 heavy (non-hydrogen) atoms. The van der Waals surface area contributed by atoms with Gasteiger partial charge in [-0.2, -0.15) is 0 Å². The first-order valence-corrected chi connectivity index (χ1v) is 18.0. The number of imidazole rings is 1. The monoisotopic (exact) mass is 762 g/mol. The van der Waals surface area contributed by atoms with Crippen LogP contribution in [0.25, 0.3) is 0 Å². The van der Waals surface area contributed by atoms with Crippen molar-refractivity contribution in [3.05, 3.63) is 18.2 Å². The van der Waals surface area contributed by atoms with Crippen molar-refractivity contribution in [2.45, 2.75) is 78.0 Å². The number of aliphatic hydroxyl groups excluding tert-OH is 1. The van der Waals surface area contributed by atoms with Gasteiger partial charge in [0, 0.05) is 45.2 Å². The van der Waals surface area contributed by atoms with E-state index in [1.54, 1.807) is 13.8 Å². The number of imide groups is 1. The number of aromatic amines is 1. The summed E-state index contributed by atoms with van der Waals surface area (Å²) in [5.74, 6) is -8.49. The minimum absolute atomic E-state index is 0.0135. The van der Waals surface area contributed by atoms with Crippen molar-refractivity contribution in [2.75, 3.05) is 40.1 Å². The number of ether oxygens (including phenoxy) is 2. The highest BCUT2D eigenvalue weighted by Crippen LogP contribution is 2.39. The van der Waals surface area contributed by atoms with Gasteiger partial charge in [-0.1, -0.05) is 13.8 Å². The van der Waals surface area contributed by atoms with E-state index < -0.39 is 105 Å². The highest BCUT2D eigenvalue weighted by molar-refractivity contribution is 7.46.